The summed E-state index contributed by atoms with van der Waals surface area (Å²) < 4.78 is 41.9. The lowest BCUT2D eigenvalue weighted by atomic mass is 9.87. The fraction of sp³-hybridized carbons (Fsp3) is 0.696. The molecule has 1 saturated carbocycles. The van der Waals surface area contributed by atoms with Gasteiger partial charge in [0, 0.05) is 31.3 Å². The zero-order valence-corrected chi connectivity index (χ0v) is 27.2. The Bertz CT molecular complexity index is 1350. The number of nitrogens with one attached hydrogen (secondary N) is 3. The van der Waals surface area contributed by atoms with Crippen molar-refractivity contribution in [2.24, 2.45) is 22.1 Å². The molecule has 0 spiro atoms. The van der Waals surface area contributed by atoms with Gasteiger partial charge >= 0.3 is 7.82 Å². The summed E-state index contributed by atoms with van der Waals surface area (Å²) in [6.45, 7) is 3.59. The fourth-order valence-corrected chi connectivity index (χ4v) is 7.39. The van der Waals surface area contributed by atoms with Crippen molar-refractivity contribution in [3.8, 4) is 0 Å². The maximum absolute atomic E-state index is 12.7. The van der Waals surface area contributed by atoms with Crippen LogP contribution in [0.15, 0.2) is 11.3 Å². The number of hydrogen-bond donors (Lipinski definition) is 6. The third-order valence-electron chi connectivity index (χ3n) is 6.93. The van der Waals surface area contributed by atoms with Gasteiger partial charge in [0.05, 0.1) is 25.4 Å². The second kappa shape index (κ2) is 15.4. The van der Waals surface area contributed by atoms with Crippen molar-refractivity contribution in [1.82, 2.24) is 20.2 Å². The molecule has 2 heterocycles. The van der Waals surface area contributed by atoms with Crippen molar-refractivity contribution >= 4 is 63.2 Å². The standard InChI is InChI=1S/C23H38BN7O10P2S/c1-14(32)44-13-30-17(33)6-7-26-22(35)19(34)23(2,3)10-40-43(37,38)41-42(24,36)39-9-15-4-5-16(8-15)31-12-29-18-20(25)27-11-28-21(18)31/h12,15-16,19,28,34H,4-11,13H2,1-3H3,(H2,25,27)(H,26,35)(H,30,33)(H,37,38). The number of aromatic nitrogens is 2. The number of fused-ring (bicyclic) bond motifs is 1. The van der Waals surface area contributed by atoms with Crippen LogP contribution in [0.1, 0.15) is 58.2 Å². The first-order valence-corrected chi connectivity index (χ1v) is 17.8. The number of aliphatic hydroxyl groups excluding tert-OH is 1. The highest BCUT2D eigenvalue weighted by Gasteiger charge is 2.39. The molecule has 3 rings (SSSR count). The zero-order valence-electron chi connectivity index (χ0n) is 24.6. The van der Waals surface area contributed by atoms with Gasteiger partial charge in [-0.15, -0.1) is 0 Å². The Labute approximate surface area is 260 Å². The molecule has 1 aromatic heterocycles. The minimum atomic E-state index is -5.04. The number of aliphatic imine (C=N–C) groups is 1. The summed E-state index contributed by atoms with van der Waals surface area (Å²) in [6, 6.07) is 0.0588. The largest absolute Gasteiger partial charge is 0.478 e. The molecule has 2 aliphatic rings. The third-order valence-corrected chi connectivity index (χ3v) is 10.3. The Morgan fingerprint density at radius 1 is 1.30 bits per heavy atom. The van der Waals surface area contributed by atoms with Gasteiger partial charge in [0.15, 0.2) is 5.12 Å². The maximum Gasteiger partial charge on any atom is 0.478 e. The van der Waals surface area contributed by atoms with E-state index in [9.17, 15) is 33.5 Å². The molecular formula is C23H38BN7O10P2S. The number of aliphatic hydroxyl groups is 1. The monoisotopic (exact) mass is 677 g/mol. The molecule has 44 heavy (non-hydrogen) atoms. The van der Waals surface area contributed by atoms with E-state index in [1.54, 1.807) is 6.33 Å². The van der Waals surface area contributed by atoms with Crippen molar-refractivity contribution in [3.63, 3.8) is 0 Å². The minimum Gasteiger partial charge on any atom is -0.383 e. The fourth-order valence-electron chi connectivity index (χ4n) is 4.51. The van der Waals surface area contributed by atoms with Crippen molar-refractivity contribution in [2.45, 2.75) is 58.6 Å². The predicted molar refractivity (Wildman–Crippen MR) is 163 cm³/mol. The van der Waals surface area contributed by atoms with Crippen molar-refractivity contribution in [1.29, 1.82) is 0 Å². The van der Waals surface area contributed by atoms with E-state index in [1.165, 1.54) is 20.8 Å². The van der Waals surface area contributed by atoms with Crippen LogP contribution in [0.5, 0.6) is 0 Å². The van der Waals surface area contributed by atoms with E-state index >= 15 is 0 Å². The first-order chi connectivity index (χ1) is 20.5. The van der Waals surface area contributed by atoms with Crippen LogP contribution in [-0.2, 0) is 36.9 Å². The topological polar surface area (TPSA) is 246 Å². The number of carbonyl (C=O) groups excluding carboxylic acids is 3. The number of anilines is 1. The van der Waals surface area contributed by atoms with Gasteiger partial charge in [0.1, 0.15) is 30.1 Å². The summed E-state index contributed by atoms with van der Waals surface area (Å²) in [4.78, 5) is 53.5. The van der Waals surface area contributed by atoms with E-state index in [2.05, 4.69) is 30.2 Å². The van der Waals surface area contributed by atoms with Crippen LogP contribution in [0.3, 0.4) is 0 Å². The van der Waals surface area contributed by atoms with Gasteiger partial charge in [-0.05, 0) is 25.2 Å². The molecule has 1 aliphatic carbocycles. The molecule has 1 aliphatic heterocycles. The molecule has 2 radical (unpaired) electrons. The molecule has 17 nitrogen and oxygen atoms in total. The van der Waals surface area contributed by atoms with E-state index in [-0.39, 0.29) is 42.5 Å². The molecule has 1 aromatic rings. The van der Waals surface area contributed by atoms with E-state index in [1.807, 2.05) is 4.57 Å². The molecule has 0 saturated heterocycles. The number of thioether (sulfide) groups is 1. The highest BCUT2D eigenvalue weighted by molar-refractivity contribution is 8.13. The van der Waals surface area contributed by atoms with Crippen LogP contribution in [0.4, 0.5) is 5.82 Å². The van der Waals surface area contributed by atoms with Gasteiger partial charge in [0.2, 0.25) is 19.4 Å². The smallest absolute Gasteiger partial charge is 0.383 e. The number of hydrogen-bond acceptors (Lipinski definition) is 14. The van der Waals surface area contributed by atoms with Crippen LogP contribution in [0, 0.1) is 11.3 Å². The number of amidine groups is 1. The highest BCUT2D eigenvalue weighted by Crippen LogP contribution is 2.61. The SMILES string of the molecule is [B]P(=O)(OCC1CCC(n2cnc3c2NCN=C3N)C1)OP(=O)(O)OCC(C)(C)C(O)C(=O)NCCC(=O)NCSC(C)=O. The van der Waals surface area contributed by atoms with Gasteiger partial charge in [-0.2, -0.15) is 0 Å². The number of nitrogens with two attached hydrogens (primary N) is 1. The molecule has 0 bridgehead atoms. The first kappa shape index (κ1) is 36.2. The summed E-state index contributed by atoms with van der Waals surface area (Å²) in [5, 5.41) is 18.3. The van der Waals surface area contributed by atoms with Crippen molar-refractivity contribution in [2.75, 3.05) is 37.6 Å². The van der Waals surface area contributed by atoms with Crippen LogP contribution in [0.2, 0.25) is 0 Å². The molecule has 7 N–H and O–H groups in total. The van der Waals surface area contributed by atoms with Gasteiger partial charge in [-0.1, -0.05) is 25.6 Å². The number of amides is 2. The molecule has 0 aromatic carbocycles. The molecule has 21 heteroatoms. The molecule has 2 amide bonds. The van der Waals surface area contributed by atoms with E-state index in [4.69, 9.17) is 22.3 Å². The number of phosphoric acid groups is 1. The normalized spacial score (nSPS) is 21.6. The number of rotatable bonds is 16. The second-order valence-electron chi connectivity index (χ2n) is 11.0. The minimum absolute atomic E-state index is 0.0588. The van der Waals surface area contributed by atoms with Crippen LogP contribution >= 0.6 is 27.1 Å². The number of nitrogens with zero attached hydrogens (tertiary/aromatic N) is 3. The Hall–Kier alpha value is -2.24. The number of carbonyl (C=O) groups is 3. The average molecular weight is 677 g/mol. The summed E-state index contributed by atoms with van der Waals surface area (Å²) in [7, 11) is -4.01. The van der Waals surface area contributed by atoms with Crippen molar-refractivity contribution < 1.29 is 46.9 Å². The summed E-state index contributed by atoms with van der Waals surface area (Å²) in [6.07, 6.45) is 1.96. The lowest BCUT2D eigenvalue weighted by Crippen LogP contribution is -2.46. The van der Waals surface area contributed by atoms with Gasteiger partial charge in [-0.25, -0.2) is 18.9 Å². The lowest BCUT2D eigenvalue weighted by Gasteiger charge is -2.30. The predicted octanol–water partition coefficient (Wildman–Crippen LogP) is 0.986. The Morgan fingerprint density at radius 2 is 2.02 bits per heavy atom. The number of phosphoric ester groups is 1. The first-order valence-electron chi connectivity index (χ1n) is 13.7. The van der Waals surface area contributed by atoms with Gasteiger partial charge in [-0.3, -0.25) is 23.5 Å². The molecule has 1 fully saturated rings. The Kier molecular flexibility index (Phi) is 12.7. The highest BCUT2D eigenvalue weighted by atomic mass is 32.2. The quantitative estimate of drug-likeness (QED) is 0.0812. The average Bonchev–Trinajstić information content (AvgIpc) is 3.57. The van der Waals surface area contributed by atoms with Gasteiger partial charge < -0.3 is 40.8 Å². The number of imidazole rings is 1. The molecular weight excluding hydrogens is 639 g/mol. The van der Waals surface area contributed by atoms with Crippen LogP contribution in [-0.4, -0.2) is 88.3 Å². The summed E-state index contributed by atoms with van der Waals surface area (Å²) in [5.41, 5.74) is 5.06. The van der Waals surface area contributed by atoms with Crippen LogP contribution in [0.25, 0.3) is 0 Å². The van der Waals surface area contributed by atoms with Crippen LogP contribution < -0.4 is 21.7 Å². The Balaban J connectivity index is 1.41. The maximum atomic E-state index is 12.7. The van der Waals surface area contributed by atoms with Crippen molar-refractivity contribution in [3.05, 3.63) is 12.0 Å². The summed E-state index contributed by atoms with van der Waals surface area (Å²) in [5.74, 6) is -0.128. The van der Waals surface area contributed by atoms with E-state index in [0.717, 1.165) is 24.0 Å². The second-order valence-corrected chi connectivity index (χ2v) is 15.4. The lowest BCUT2D eigenvalue weighted by molar-refractivity contribution is -0.137. The van der Waals surface area contributed by atoms with E-state index in [0.29, 0.717) is 31.0 Å². The third kappa shape index (κ3) is 10.7. The van der Waals surface area contributed by atoms with E-state index < -0.39 is 45.2 Å². The van der Waals surface area contributed by atoms with Gasteiger partial charge in [0.25, 0.3) is 7.47 Å². The molecule has 5 unspecified atom stereocenters. The Morgan fingerprint density at radius 3 is 2.73 bits per heavy atom. The zero-order chi connectivity index (χ0) is 32.7. The molecule has 244 valence electrons. The summed E-state index contributed by atoms with van der Waals surface area (Å²) >= 11 is 0.920. The molecule has 5 atom stereocenters.